The quantitative estimate of drug-likeness (QED) is 0.936. The predicted octanol–water partition coefficient (Wildman–Crippen LogP) is 2.23. The van der Waals surface area contributed by atoms with Crippen LogP contribution in [-0.4, -0.2) is 33.9 Å². The van der Waals surface area contributed by atoms with E-state index in [2.05, 4.69) is 22.1 Å². The van der Waals surface area contributed by atoms with E-state index in [-0.39, 0.29) is 5.92 Å². The number of carboxylic acids is 1. The first-order chi connectivity index (χ1) is 10.2. The van der Waals surface area contributed by atoms with E-state index >= 15 is 0 Å². The molecule has 3 rings (SSSR count). The lowest BCUT2D eigenvalue weighted by atomic mass is 9.98. The first-order valence-corrected chi connectivity index (χ1v) is 7.26. The van der Waals surface area contributed by atoms with Gasteiger partial charge in [-0.05, 0) is 18.4 Å². The van der Waals surface area contributed by atoms with E-state index in [4.69, 9.17) is 5.11 Å². The molecule has 1 unspecified atom stereocenters. The summed E-state index contributed by atoms with van der Waals surface area (Å²) in [7, 11) is 0. The molecule has 1 aliphatic heterocycles. The van der Waals surface area contributed by atoms with Crippen molar-refractivity contribution >= 4 is 11.7 Å². The molecule has 5 nitrogen and oxygen atoms in total. The van der Waals surface area contributed by atoms with E-state index in [0.717, 1.165) is 31.6 Å². The average Bonchev–Trinajstić information content (AvgIpc) is 2.97. The van der Waals surface area contributed by atoms with Gasteiger partial charge in [-0.25, -0.2) is 0 Å². The Morgan fingerprint density at radius 2 is 2.14 bits per heavy atom. The second kappa shape index (κ2) is 5.99. The van der Waals surface area contributed by atoms with Crippen LogP contribution in [0.1, 0.15) is 18.4 Å². The molecular weight excluding hydrogens is 266 g/mol. The summed E-state index contributed by atoms with van der Waals surface area (Å²) in [4.78, 5) is 13.3. The minimum Gasteiger partial charge on any atom is -0.481 e. The maximum atomic E-state index is 11.1. The molecular formula is C16H19N3O2. The molecule has 21 heavy (non-hydrogen) atoms. The van der Waals surface area contributed by atoms with Crippen molar-refractivity contribution in [3.63, 3.8) is 0 Å². The zero-order chi connectivity index (χ0) is 14.7. The Kier molecular flexibility index (Phi) is 3.90. The molecule has 0 saturated carbocycles. The zero-order valence-corrected chi connectivity index (χ0v) is 11.9. The Bertz CT molecular complexity index is 609. The van der Waals surface area contributed by atoms with Crippen LogP contribution in [0.4, 0.5) is 5.69 Å². The van der Waals surface area contributed by atoms with Gasteiger partial charge in [0.1, 0.15) is 0 Å². The first-order valence-electron chi connectivity index (χ1n) is 7.26. The van der Waals surface area contributed by atoms with Gasteiger partial charge in [0.25, 0.3) is 0 Å². The Balaban J connectivity index is 1.68. The highest BCUT2D eigenvalue weighted by molar-refractivity contribution is 5.71. The number of piperidine rings is 1. The van der Waals surface area contributed by atoms with E-state index in [1.807, 2.05) is 35.3 Å². The van der Waals surface area contributed by atoms with E-state index in [1.165, 1.54) is 5.56 Å². The molecule has 2 aromatic rings. The fraction of sp³-hybridized carbons (Fsp3) is 0.375. The Labute approximate surface area is 123 Å². The summed E-state index contributed by atoms with van der Waals surface area (Å²) in [5, 5.41) is 13.5. The van der Waals surface area contributed by atoms with Gasteiger partial charge < -0.3 is 10.0 Å². The highest BCUT2D eigenvalue weighted by Crippen LogP contribution is 2.23. The number of hydrogen-bond donors (Lipinski definition) is 1. The van der Waals surface area contributed by atoms with Crippen LogP contribution < -0.4 is 4.90 Å². The van der Waals surface area contributed by atoms with Crippen molar-refractivity contribution in [2.45, 2.75) is 19.4 Å². The van der Waals surface area contributed by atoms with Gasteiger partial charge in [-0.15, -0.1) is 0 Å². The molecule has 1 atom stereocenters. The average molecular weight is 285 g/mol. The lowest BCUT2D eigenvalue weighted by Gasteiger charge is -2.31. The third-order valence-corrected chi connectivity index (χ3v) is 3.94. The fourth-order valence-electron chi connectivity index (χ4n) is 2.79. The van der Waals surface area contributed by atoms with Crippen molar-refractivity contribution in [3.05, 3.63) is 48.3 Å². The van der Waals surface area contributed by atoms with Gasteiger partial charge >= 0.3 is 5.97 Å². The monoisotopic (exact) mass is 285 g/mol. The van der Waals surface area contributed by atoms with Crippen molar-refractivity contribution in [2.75, 3.05) is 18.0 Å². The van der Waals surface area contributed by atoms with Gasteiger partial charge in [-0.3, -0.25) is 9.48 Å². The normalized spacial score (nSPS) is 18.7. The van der Waals surface area contributed by atoms with Gasteiger partial charge in [-0.1, -0.05) is 30.3 Å². The summed E-state index contributed by atoms with van der Waals surface area (Å²) in [6.45, 7) is 2.21. The fourth-order valence-corrected chi connectivity index (χ4v) is 2.79. The number of rotatable bonds is 4. The number of carbonyl (C=O) groups is 1. The van der Waals surface area contributed by atoms with Crippen LogP contribution in [0.15, 0.2) is 42.7 Å². The third-order valence-electron chi connectivity index (χ3n) is 3.94. The highest BCUT2D eigenvalue weighted by atomic mass is 16.4. The Morgan fingerprint density at radius 3 is 2.90 bits per heavy atom. The van der Waals surface area contributed by atoms with Crippen LogP contribution >= 0.6 is 0 Å². The molecule has 5 heteroatoms. The first kappa shape index (κ1) is 13.7. The molecule has 2 heterocycles. The summed E-state index contributed by atoms with van der Waals surface area (Å²) in [5.41, 5.74) is 2.21. The highest BCUT2D eigenvalue weighted by Gasteiger charge is 2.26. The standard InChI is InChI=1S/C16H19N3O2/c20-16(21)14-7-4-8-18(11-14)15-9-17-19(12-15)10-13-5-2-1-3-6-13/h1-3,5-6,9,12,14H,4,7-8,10-11H2,(H,20,21). The van der Waals surface area contributed by atoms with Gasteiger partial charge in [0.2, 0.25) is 0 Å². The van der Waals surface area contributed by atoms with Gasteiger partial charge in [0.05, 0.1) is 24.3 Å². The van der Waals surface area contributed by atoms with Crippen molar-refractivity contribution in [3.8, 4) is 0 Å². The number of anilines is 1. The van der Waals surface area contributed by atoms with Crippen LogP contribution in [-0.2, 0) is 11.3 Å². The molecule has 0 aliphatic carbocycles. The molecule has 1 aromatic heterocycles. The van der Waals surface area contributed by atoms with Crippen molar-refractivity contribution in [2.24, 2.45) is 5.92 Å². The maximum Gasteiger partial charge on any atom is 0.308 e. The molecule has 1 saturated heterocycles. The molecule has 110 valence electrons. The molecule has 0 spiro atoms. The maximum absolute atomic E-state index is 11.1. The molecule has 1 aliphatic rings. The summed E-state index contributed by atoms with van der Waals surface area (Å²) in [6, 6.07) is 10.2. The second-order valence-corrected chi connectivity index (χ2v) is 5.51. The summed E-state index contributed by atoms with van der Waals surface area (Å²) < 4.78 is 1.90. The largest absolute Gasteiger partial charge is 0.481 e. The number of hydrogen-bond acceptors (Lipinski definition) is 3. The molecule has 1 fully saturated rings. The van der Waals surface area contributed by atoms with E-state index < -0.39 is 5.97 Å². The van der Waals surface area contributed by atoms with Crippen LogP contribution in [0, 0.1) is 5.92 Å². The Morgan fingerprint density at radius 1 is 1.33 bits per heavy atom. The summed E-state index contributed by atoms with van der Waals surface area (Å²) in [5.74, 6) is -0.965. The van der Waals surface area contributed by atoms with Crippen LogP contribution in [0.25, 0.3) is 0 Å². The van der Waals surface area contributed by atoms with Crippen molar-refractivity contribution < 1.29 is 9.90 Å². The minimum absolute atomic E-state index is 0.267. The molecule has 0 bridgehead atoms. The number of aliphatic carboxylic acids is 1. The number of nitrogens with zero attached hydrogens (tertiary/aromatic N) is 3. The molecule has 0 radical (unpaired) electrons. The predicted molar refractivity (Wildman–Crippen MR) is 80.3 cm³/mol. The second-order valence-electron chi connectivity index (χ2n) is 5.51. The lowest BCUT2D eigenvalue weighted by Crippen LogP contribution is -2.38. The number of benzene rings is 1. The van der Waals surface area contributed by atoms with Crippen molar-refractivity contribution in [1.82, 2.24) is 9.78 Å². The Hall–Kier alpha value is -2.30. The summed E-state index contributed by atoms with van der Waals surface area (Å²) in [6.07, 6.45) is 5.51. The molecule has 1 N–H and O–H groups in total. The van der Waals surface area contributed by atoms with Gasteiger partial charge in [0.15, 0.2) is 0 Å². The topological polar surface area (TPSA) is 58.4 Å². The third kappa shape index (κ3) is 3.24. The van der Waals surface area contributed by atoms with Gasteiger partial charge in [-0.2, -0.15) is 5.10 Å². The van der Waals surface area contributed by atoms with E-state index in [9.17, 15) is 4.79 Å². The van der Waals surface area contributed by atoms with E-state index in [1.54, 1.807) is 0 Å². The van der Waals surface area contributed by atoms with Crippen LogP contribution in [0.2, 0.25) is 0 Å². The minimum atomic E-state index is -0.698. The zero-order valence-electron chi connectivity index (χ0n) is 11.9. The smallest absolute Gasteiger partial charge is 0.308 e. The lowest BCUT2D eigenvalue weighted by molar-refractivity contribution is -0.141. The van der Waals surface area contributed by atoms with Crippen LogP contribution in [0.5, 0.6) is 0 Å². The molecule has 1 aromatic carbocycles. The van der Waals surface area contributed by atoms with E-state index in [0.29, 0.717) is 6.54 Å². The number of aromatic nitrogens is 2. The van der Waals surface area contributed by atoms with Crippen molar-refractivity contribution in [1.29, 1.82) is 0 Å². The summed E-state index contributed by atoms with van der Waals surface area (Å²) >= 11 is 0. The molecule has 0 amide bonds. The van der Waals surface area contributed by atoms with Gasteiger partial charge in [0, 0.05) is 19.3 Å². The number of carboxylic acid groups (broad SMARTS) is 1. The van der Waals surface area contributed by atoms with Crippen LogP contribution in [0.3, 0.4) is 0 Å². The SMILES string of the molecule is O=C(O)C1CCCN(c2cnn(Cc3ccccc3)c2)C1.